The van der Waals surface area contributed by atoms with Crippen LogP contribution in [-0.4, -0.2) is 10.9 Å². The van der Waals surface area contributed by atoms with Crippen LogP contribution in [-0.2, 0) is 11.2 Å². The zero-order valence-electron chi connectivity index (χ0n) is 8.53. The third-order valence-electron chi connectivity index (χ3n) is 2.16. The summed E-state index contributed by atoms with van der Waals surface area (Å²) >= 11 is 3.38. The van der Waals surface area contributed by atoms with Gasteiger partial charge in [-0.1, -0.05) is 12.1 Å². The maximum atomic E-state index is 11.7. The summed E-state index contributed by atoms with van der Waals surface area (Å²) in [5, 5.41) is 2.84. The number of H-pyrrole nitrogens is 1. The number of carbonyl (C=O) groups excluding carboxylic acids is 1. The SMILES string of the molecule is O=C(Cc1ccc[nH]1)Nc1ccccc1Br. The van der Waals surface area contributed by atoms with Gasteiger partial charge in [0.05, 0.1) is 12.1 Å². The highest BCUT2D eigenvalue weighted by Gasteiger charge is 2.06. The van der Waals surface area contributed by atoms with Gasteiger partial charge in [0, 0.05) is 16.4 Å². The van der Waals surface area contributed by atoms with Gasteiger partial charge in [-0.05, 0) is 40.2 Å². The van der Waals surface area contributed by atoms with Crippen molar-refractivity contribution in [1.82, 2.24) is 4.98 Å². The molecule has 0 saturated heterocycles. The van der Waals surface area contributed by atoms with Crippen LogP contribution in [0, 0.1) is 0 Å². The summed E-state index contributed by atoms with van der Waals surface area (Å²) in [4.78, 5) is 14.7. The van der Waals surface area contributed by atoms with Crippen LogP contribution < -0.4 is 5.32 Å². The molecule has 0 unspecified atom stereocenters. The summed E-state index contributed by atoms with van der Waals surface area (Å²) in [5.74, 6) is -0.0330. The van der Waals surface area contributed by atoms with Crippen molar-refractivity contribution in [2.24, 2.45) is 0 Å². The number of halogens is 1. The van der Waals surface area contributed by atoms with Crippen LogP contribution in [0.3, 0.4) is 0 Å². The molecule has 1 aromatic heterocycles. The number of nitrogens with one attached hydrogen (secondary N) is 2. The molecule has 0 aliphatic heterocycles. The van der Waals surface area contributed by atoms with Crippen molar-refractivity contribution in [3.8, 4) is 0 Å². The van der Waals surface area contributed by atoms with E-state index >= 15 is 0 Å². The summed E-state index contributed by atoms with van der Waals surface area (Å²) in [6.45, 7) is 0. The molecule has 0 radical (unpaired) electrons. The average Bonchev–Trinajstić information content (AvgIpc) is 2.74. The Morgan fingerprint density at radius 3 is 2.75 bits per heavy atom. The highest BCUT2D eigenvalue weighted by atomic mass is 79.9. The molecule has 1 amide bonds. The maximum Gasteiger partial charge on any atom is 0.230 e. The van der Waals surface area contributed by atoms with E-state index in [1.807, 2.05) is 36.4 Å². The van der Waals surface area contributed by atoms with Crippen molar-refractivity contribution in [2.75, 3.05) is 5.32 Å². The second-order valence-corrected chi connectivity index (χ2v) is 4.25. The highest BCUT2D eigenvalue weighted by molar-refractivity contribution is 9.10. The quantitative estimate of drug-likeness (QED) is 0.891. The largest absolute Gasteiger partial charge is 0.365 e. The number of aromatic nitrogens is 1. The smallest absolute Gasteiger partial charge is 0.230 e. The molecule has 0 fully saturated rings. The molecule has 1 aromatic carbocycles. The lowest BCUT2D eigenvalue weighted by Gasteiger charge is -2.06. The summed E-state index contributed by atoms with van der Waals surface area (Å²) in [6.07, 6.45) is 2.16. The molecule has 0 saturated carbocycles. The minimum atomic E-state index is -0.0330. The van der Waals surface area contributed by atoms with Crippen LogP contribution >= 0.6 is 15.9 Å². The standard InChI is InChI=1S/C12H11BrN2O/c13-10-5-1-2-6-11(10)15-12(16)8-9-4-3-7-14-9/h1-7,14H,8H2,(H,15,16). The van der Waals surface area contributed by atoms with Crippen molar-refractivity contribution in [3.05, 3.63) is 52.8 Å². The third kappa shape index (κ3) is 2.73. The summed E-state index contributed by atoms with van der Waals surface area (Å²) in [7, 11) is 0. The van der Waals surface area contributed by atoms with Gasteiger partial charge in [-0.15, -0.1) is 0 Å². The molecule has 16 heavy (non-hydrogen) atoms. The van der Waals surface area contributed by atoms with Crippen LogP contribution in [0.15, 0.2) is 47.1 Å². The number of carbonyl (C=O) groups is 1. The number of anilines is 1. The maximum absolute atomic E-state index is 11.7. The fourth-order valence-corrected chi connectivity index (χ4v) is 1.79. The summed E-state index contributed by atoms with van der Waals surface area (Å²) < 4.78 is 0.884. The number of hydrogen-bond donors (Lipinski definition) is 2. The predicted octanol–water partition coefficient (Wildman–Crippen LogP) is 2.96. The van der Waals surface area contributed by atoms with Gasteiger partial charge < -0.3 is 10.3 Å². The van der Waals surface area contributed by atoms with Crippen molar-refractivity contribution in [3.63, 3.8) is 0 Å². The molecule has 0 bridgehead atoms. The Balaban J connectivity index is 2.00. The van der Waals surface area contributed by atoms with Gasteiger partial charge in [-0.3, -0.25) is 4.79 Å². The molecule has 0 aliphatic carbocycles. The number of benzene rings is 1. The lowest BCUT2D eigenvalue weighted by atomic mass is 10.2. The first kappa shape index (κ1) is 11.0. The Kier molecular flexibility index (Phi) is 3.41. The minimum Gasteiger partial charge on any atom is -0.365 e. The van der Waals surface area contributed by atoms with Crippen LogP contribution in [0.5, 0.6) is 0 Å². The highest BCUT2D eigenvalue weighted by Crippen LogP contribution is 2.21. The first-order valence-corrected chi connectivity index (χ1v) is 5.71. The Bertz CT molecular complexity index is 480. The Morgan fingerprint density at radius 1 is 1.25 bits per heavy atom. The molecule has 82 valence electrons. The van der Waals surface area contributed by atoms with E-state index in [0.29, 0.717) is 6.42 Å². The second kappa shape index (κ2) is 4.99. The van der Waals surface area contributed by atoms with E-state index in [4.69, 9.17) is 0 Å². The van der Waals surface area contributed by atoms with Crippen molar-refractivity contribution in [2.45, 2.75) is 6.42 Å². The van der Waals surface area contributed by atoms with Crippen molar-refractivity contribution >= 4 is 27.5 Å². The molecule has 2 aromatic rings. The fourth-order valence-electron chi connectivity index (χ4n) is 1.41. The van der Waals surface area contributed by atoms with E-state index in [2.05, 4.69) is 26.2 Å². The van der Waals surface area contributed by atoms with Gasteiger partial charge in [-0.2, -0.15) is 0 Å². The lowest BCUT2D eigenvalue weighted by Crippen LogP contribution is -2.14. The monoisotopic (exact) mass is 278 g/mol. The molecule has 1 heterocycles. The van der Waals surface area contributed by atoms with Gasteiger partial charge >= 0.3 is 0 Å². The Morgan fingerprint density at radius 2 is 2.06 bits per heavy atom. The van der Waals surface area contributed by atoms with Gasteiger partial charge in [0.15, 0.2) is 0 Å². The number of rotatable bonds is 3. The van der Waals surface area contributed by atoms with Crippen LogP contribution in [0.25, 0.3) is 0 Å². The molecule has 2 N–H and O–H groups in total. The lowest BCUT2D eigenvalue weighted by molar-refractivity contribution is -0.115. The van der Waals surface area contributed by atoms with Crippen LogP contribution in [0.2, 0.25) is 0 Å². The molecule has 0 spiro atoms. The topological polar surface area (TPSA) is 44.9 Å². The molecule has 0 aliphatic rings. The van der Waals surface area contributed by atoms with E-state index < -0.39 is 0 Å². The molecule has 4 heteroatoms. The number of para-hydroxylation sites is 1. The molecular formula is C12H11BrN2O. The number of amides is 1. The van der Waals surface area contributed by atoms with Crippen LogP contribution in [0.1, 0.15) is 5.69 Å². The predicted molar refractivity (Wildman–Crippen MR) is 67.3 cm³/mol. The van der Waals surface area contributed by atoms with E-state index in [1.165, 1.54) is 0 Å². The Labute approximate surface area is 102 Å². The first-order chi connectivity index (χ1) is 7.75. The molecule has 3 nitrogen and oxygen atoms in total. The van der Waals surface area contributed by atoms with E-state index in [1.54, 1.807) is 6.20 Å². The summed E-state index contributed by atoms with van der Waals surface area (Å²) in [6, 6.07) is 11.3. The van der Waals surface area contributed by atoms with Gasteiger partial charge in [0.2, 0.25) is 5.91 Å². The third-order valence-corrected chi connectivity index (χ3v) is 2.85. The number of hydrogen-bond acceptors (Lipinski definition) is 1. The van der Waals surface area contributed by atoms with E-state index in [-0.39, 0.29) is 5.91 Å². The van der Waals surface area contributed by atoms with Crippen LogP contribution in [0.4, 0.5) is 5.69 Å². The van der Waals surface area contributed by atoms with Gasteiger partial charge in [0.25, 0.3) is 0 Å². The van der Waals surface area contributed by atoms with Gasteiger partial charge in [-0.25, -0.2) is 0 Å². The minimum absolute atomic E-state index is 0.0330. The zero-order chi connectivity index (χ0) is 11.4. The van der Waals surface area contributed by atoms with Crippen molar-refractivity contribution in [1.29, 1.82) is 0 Å². The zero-order valence-corrected chi connectivity index (χ0v) is 10.1. The average molecular weight is 279 g/mol. The molecule has 2 rings (SSSR count). The van der Waals surface area contributed by atoms with Crippen molar-refractivity contribution < 1.29 is 4.79 Å². The molecular weight excluding hydrogens is 268 g/mol. The first-order valence-electron chi connectivity index (χ1n) is 4.92. The normalized spacial score (nSPS) is 10.1. The summed E-state index contributed by atoms with van der Waals surface area (Å²) in [5.41, 5.74) is 1.70. The van der Waals surface area contributed by atoms with E-state index in [9.17, 15) is 4.79 Å². The van der Waals surface area contributed by atoms with E-state index in [0.717, 1.165) is 15.9 Å². The second-order valence-electron chi connectivity index (χ2n) is 3.40. The Hall–Kier alpha value is -1.55. The molecule has 0 atom stereocenters. The fraction of sp³-hybridized carbons (Fsp3) is 0.0833. The van der Waals surface area contributed by atoms with Gasteiger partial charge in [0.1, 0.15) is 0 Å². The number of aromatic amines is 1.